The van der Waals surface area contributed by atoms with Gasteiger partial charge < -0.3 is 16.0 Å². The highest BCUT2D eigenvalue weighted by Crippen LogP contribution is 2.23. The number of hydrogen-bond acceptors (Lipinski definition) is 3. The predicted molar refractivity (Wildman–Crippen MR) is 84.9 cm³/mol. The molecule has 0 bridgehead atoms. The van der Waals surface area contributed by atoms with Crippen LogP contribution in [0.4, 0.5) is 10.5 Å². The Morgan fingerprint density at radius 3 is 2.73 bits per heavy atom. The highest BCUT2D eigenvalue weighted by molar-refractivity contribution is 6.33. The maximum absolute atomic E-state index is 11.9. The zero-order valence-corrected chi connectivity index (χ0v) is 12.6. The summed E-state index contributed by atoms with van der Waals surface area (Å²) in [4.78, 5) is 27.6. The Kier molecular flexibility index (Phi) is 5.32. The van der Waals surface area contributed by atoms with Crippen molar-refractivity contribution >= 4 is 29.2 Å². The topological polar surface area (TPSA) is 83.1 Å². The number of anilines is 1. The number of pyridine rings is 1. The molecule has 1 aromatic heterocycles. The summed E-state index contributed by atoms with van der Waals surface area (Å²) in [6.45, 7) is 0.291. The maximum Gasteiger partial charge on any atom is 0.319 e. The summed E-state index contributed by atoms with van der Waals surface area (Å²) >= 11 is 6.02. The van der Waals surface area contributed by atoms with Crippen LogP contribution in [0.15, 0.2) is 42.6 Å². The van der Waals surface area contributed by atoms with Gasteiger partial charge >= 0.3 is 6.03 Å². The molecule has 0 aliphatic rings. The van der Waals surface area contributed by atoms with Crippen molar-refractivity contribution in [3.63, 3.8) is 0 Å². The number of urea groups is 1. The van der Waals surface area contributed by atoms with Gasteiger partial charge in [0.15, 0.2) is 0 Å². The maximum atomic E-state index is 11.9. The van der Waals surface area contributed by atoms with Crippen molar-refractivity contribution in [2.45, 2.75) is 6.54 Å². The SMILES string of the molecule is CNC(=O)c1ccc(Cl)c(NC(=O)NCc2ccccn2)c1. The van der Waals surface area contributed by atoms with Gasteiger partial charge in [-0.2, -0.15) is 0 Å². The highest BCUT2D eigenvalue weighted by atomic mass is 35.5. The lowest BCUT2D eigenvalue weighted by Gasteiger charge is -2.10. The lowest BCUT2D eigenvalue weighted by atomic mass is 10.2. The molecule has 114 valence electrons. The van der Waals surface area contributed by atoms with Gasteiger partial charge in [-0.25, -0.2) is 4.79 Å². The standard InChI is InChI=1S/C15H15ClN4O2/c1-17-14(21)10-5-6-12(16)13(8-10)20-15(22)19-9-11-4-2-3-7-18-11/h2-8H,9H2,1H3,(H,17,21)(H2,19,20,22). The van der Waals surface area contributed by atoms with Crippen LogP contribution in [0.3, 0.4) is 0 Å². The first-order valence-electron chi connectivity index (χ1n) is 6.56. The quantitative estimate of drug-likeness (QED) is 0.809. The predicted octanol–water partition coefficient (Wildman–Crippen LogP) is 2.42. The van der Waals surface area contributed by atoms with E-state index in [0.29, 0.717) is 22.8 Å². The molecule has 22 heavy (non-hydrogen) atoms. The van der Waals surface area contributed by atoms with Crippen LogP contribution in [0.2, 0.25) is 5.02 Å². The lowest BCUT2D eigenvalue weighted by molar-refractivity contribution is 0.0963. The molecule has 0 saturated carbocycles. The van der Waals surface area contributed by atoms with Gasteiger partial charge in [-0.3, -0.25) is 9.78 Å². The summed E-state index contributed by atoms with van der Waals surface area (Å²) in [5.74, 6) is -0.256. The minimum atomic E-state index is -0.429. The van der Waals surface area contributed by atoms with Gasteiger partial charge in [0, 0.05) is 18.8 Å². The smallest absolute Gasteiger partial charge is 0.319 e. The molecule has 0 aliphatic heterocycles. The molecule has 1 aromatic carbocycles. The van der Waals surface area contributed by atoms with Crippen LogP contribution < -0.4 is 16.0 Å². The summed E-state index contributed by atoms with van der Waals surface area (Å²) < 4.78 is 0. The van der Waals surface area contributed by atoms with Gasteiger partial charge in [-0.05, 0) is 30.3 Å². The Morgan fingerprint density at radius 1 is 1.23 bits per heavy atom. The molecule has 0 unspecified atom stereocenters. The molecule has 6 nitrogen and oxygen atoms in total. The Bertz CT molecular complexity index is 676. The fourth-order valence-electron chi connectivity index (χ4n) is 1.75. The average molecular weight is 319 g/mol. The highest BCUT2D eigenvalue weighted by Gasteiger charge is 2.10. The van der Waals surface area contributed by atoms with E-state index in [1.165, 1.54) is 13.1 Å². The number of amides is 3. The van der Waals surface area contributed by atoms with Crippen LogP contribution in [-0.2, 0) is 6.54 Å². The normalized spacial score (nSPS) is 9.91. The molecular weight excluding hydrogens is 304 g/mol. The van der Waals surface area contributed by atoms with E-state index in [-0.39, 0.29) is 5.91 Å². The Labute approximate surface area is 132 Å². The van der Waals surface area contributed by atoms with Gasteiger partial charge in [0.25, 0.3) is 5.91 Å². The lowest BCUT2D eigenvalue weighted by Crippen LogP contribution is -2.28. The molecule has 0 fully saturated rings. The minimum Gasteiger partial charge on any atom is -0.355 e. The Hall–Kier alpha value is -2.60. The van der Waals surface area contributed by atoms with Gasteiger partial charge in [-0.15, -0.1) is 0 Å². The molecule has 2 aromatic rings. The average Bonchev–Trinajstić information content (AvgIpc) is 2.55. The van der Waals surface area contributed by atoms with Crippen LogP contribution in [0.5, 0.6) is 0 Å². The van der Waals surface area contributed by atoms with Crippen molar-refractivity contribution in [2.24, 2.45) is 0 Å². The molecule has 0 atom stereocenters. The summed E-state index contributed by atoms with van der Waals surface area (Å²) in [5, 5.41) is 8.13. The van der Waals surface area contributed by atoms with Gasteiger partial charge in [-0.1, -0.05) is 17.7 Å². The van der Waals surface area contributed by atoms with E-state index in [4.69, 9.17) is 11.6 Å². The van der Waals surface area contributed by atoms with Gasteiger partial charge in [0.1, 0.15) is 0 Å². The van der Waals surface area contributed by atoms with Crippen molar-refractivity contribution in [1.29, 1.82) is 0 Å². The number of halogens is 1. The monoisotopic (exact) mass is 318 g/mol. The Balaban J connectivity index is 2.00. The number of hydrogen-bond donors (Lipinski definition) is 3. The molecule has 0 aliphatic carbocycles. The second kappa shape index (κ2) is 7.42. The third kappa shape index (κ3) is 4.20. The van der Waals surface area contributed by atoms with Crippen molar-refractivity contribution in [2.75, 3.05) is 12.4 Å². The number of aromatic nitrogens is 1. The molecule has 1 heterocycles. The van der Waals surface area contributed by atoms with Crippen LogP contribution in [-0.4, -0.2) is 24.0 Å². The number of nitrogens with zero attached hydrogens (tertiary/aromatic N) is 1. The number of rotatable bonds is 4. The summed E-state index contributed by atoms with van der Waals surface area (Å²) in [6.07, 6.45) is 1.65. The number of benzene rings is 1. The molecule has 0 saturated heterocycles. The van der Waals surface area contributed by atoms with E-state index < -0.39 is 6.03 Å². The van der Waals surface area contributed by atoms with Gasteiger partial charge in [0.05, 0.1) is 22.9 Å². The summed E-state index contributed by atoms with van der Waals surface area (Å²) in [5.41, 5.74) is 1.51. The van der Waals surface area contributed by atoms with Crippen molar-refractivity contribution in [3.05, 3.63) is 58.9 Å². The molecule has 7 heteroatoms. The van der Waals surface area contributed by atoms with Crippen molar-refractivity contribution < 1.29 is 9.59 Å². The first kappa shape index (κ1) is 15.8. The molecule has 0 spiro atoms. The van der Waals surface area contributed by atoms with Crippen molar-refractivity contribution in [1.82, 2.24) is 15.6 Å². The van der Waals surface area contributed by atoms with E-state index in [1.807, 2.05) is 6.07 Å². The Morgan fingerprint density at radius 2 is 2.05 bits per heavy atom. The second-order valence-corrected chi connectivity index (χ2v) is 4.81. The van der Waals surface area contributed by atoms with Gasteiger partial charge in [0.2, 0.25) is 0 Å². The van der Waals surface area contributed by atoms with E-state index in [0.717, 1.165) is 5.69 Å². The van der Waals surface area contributed by atoms with Crippen LogP contribution in [0, 0.1) is 0 Å². The molecule has 2 rings (SSSR count). The van der Waals surface area contributed by atoms with Crippen LogP contribution in [0.25, 0.3) is 0 Å². The number of nitrogens with one attached hydrogen (secondary N) is 3. The fraction of sp³-hybridized carbons (Fsp3) is 0.133. The van der Waals surface area contributed by atoms with E-state index in [9.17, 15) is 9.59 Å². The van der Waals surface area contributed by atoms with Crippen LogP contribution >= 0.6 is 11.6 Å². The second-order valence-electron chi connectivity index (χ2n) is 4.40. The zero-order valence-electron chi connectivity index (χ0n) is 11.9. The summed E-state index contributed by atoms with van der Waals surface area (Å²) in [7, 11) is 1.53. The van der Waals surface area contributed by atoms with E-state index in [2.05, 4.69) is 20.9 Å². The van der Waals surface area contributed by atoms with Crippen LogP contribution in [0.1, 0.15) is 16.1 Å². The minimum absolute atomic E-state index is 0.256. The fourth-order valence-corrected chi connectivity index (χ4v) is 1.91. The zero-order chi connectivity index (χ0) is 15.9. The third-order valence-electron chi connectivity index (χ3n) is 2.86. The first-order valence-corrected chi connectivity index (χ1v) is 6.94. The third-order valence-corrected chi connectivity index (χ3v) is 3.19. The van der Waals surface area contributed by atoms with E-state index in [1.54, 1.807) is 30.5 Å². The largest absolute Gasteiger partial charge is 0.355 e. The molecular formula is C15H15ClN4O2. The number of carbonyl (C=O) groups excluding carboxylic acids is 2. The summed E-state index contributed by atoms with van der Waals surface area (Å²) in [6, 6.07) is 9.67. The molecule has 0 radical (unpaired) electrons. The molecule has 3 N–H and O–H groups in total. The first-order chi connectivity index (χ1) is 10.6. The van der Waals surface area contributed by atoms with Crippen molar-refractivity contribution in [3.8, 4) is 0 Å². The number of carbonyl (C=O) groups is 2. The molecule has 3 amide bonds. The van der Waals surface area contributed by atoms with E-state index >= 15 is 0 Å².